The van der Waals surface area contributed by atoms with Crippen molar-refractivity contribution >= 4 is 16.3 Å². The zero-order valence-electron chi connectivity index (χ0n) is 12.4. The van der Waals surface area contributed by atoms with Crippen LogP contribution < -0.4 is 0 Å². The molecule has 0 saturated carbocycles. The highest BCUT2D eigenvalue weighted by atomic mass is 28.4. The second-order valence-corrected chi connectivity index (χ2v) is 17.9. The normalized spacial score (nSPS) is 14.8. The minimum Gasteiger partial charge on any atom is -0.324 e. The summed E-state index contributed by atoms with van der Waals surface area (Å²) in [4.78, 5) is 0. The molecule has 92 valence electrons. The van der Waals surface area contributed by atoms with Gasteiger partial charge in [0.1, 0.15) is 8.24 Å². The van der Waals surface area contributed by atoms with E-state index in [0.29, 0.717) is 4.66 Å². The zero-order chi connectivity index (χ0) is 12.5. The Kier molecular flexibility index (Phi) is 4.84. The summed E-state index contributed by atoms with van der Waals surface area (Å²) in [5.74, 6) is 0. The van der Waals surface area contributed by atoms with Gasteiger partial charge >= 0.3 is 0 Å². The van der Waals surface area contributed by atoms with Crippen LogP contribution in [0, 0.1) is 0 Å². The molecule has 0 bridgehead atoms. The quantitative estimate of drug-likeness (QED) is 0.657. The fourth-order valence-electron chi connectivity index (χ4n) is 2.33. The third kappa shape index (κ3) is 2.74. The van der Waals surface area contributed by atoms with Gasteiger partial charge in [-0.1, -0.05) is 60.4 Å². The molecule has 0 aliphatic carbocycles. The average molecular weight is 246 g/mol. The third-order valence-corrected chi connectivity index (χ3v) is 18.1. The van der Waals surface area contributed by atoms with Crippen molar-refractivity contribution < 1.29 is 0 Å². The standard InChI is InChI=1S/C12H31NSi2/c1-10-13(11-2)15(8,9)12(3,4)14(5,6)7/h10-11H2,1-9H3. The van der Waals surface area contributed by atoms with Crippen LogP contribution in [0.4, 0.5) is 0 Å². The molecule has 0 unspecified atom stereocenters. The first-order valence-corrected chi connectivity index (χ1v) is 12.7. The molecule has 0 radical (unpaired) electrons. The summed E-state index contributed by atoms with van der Waals surface area (Å²) >= 11 is 0. The van der Waals surface area contributed by atoms with Gasteiger partial charge in [0.25, 0.3) is 0 Å². The van der Waals surface area contributed by atoms with E-state index >= 15 is 0 Å². The lowest BCUT2D eigenvalue weighted by atomic mass is 10.5. The van der Waals surface area contributed by atoms with E-state index < -0.39 is 16.3 Å². The highest BCUT2D eigenvalue weighted by molar-refractivity contribution is 6.97. The lowest BCUT2D eigenvalue weighted by molar-refractivity contribution is 0.449. The van der Waals surface area contributed by atoms with Crippen LogP contribution in [-0.4, -0.2) is 34.0 Å². The van der Waals surface area contributed by atoms with Gasteiger partial charge < -0.3 is 4.57 Å². The summed E-state index contributed by atoms with van der Waals surface area (Å²) < 4.78 is 3.30. The average Bonchev–Trinajstić information content (AvgIpc) is 2.03. The van der Waals surface area contributed by atoms with Crippen molar-refractivity contribution in [1.29, 1.82) is 0 Å². The van der Waals surface area contributed by atoms with Gasteiger partial charge in [-0.3, -0.25) is 0 Å². The number of hydrogen-bond acceptors (Lipinski definition) is 1. The van der Waals surface area contributed by atoms with Gasteiger partial charge in [-0.25, -0.2) is 0 Å². The third-order valence-electron chi connectivity index (χ3n) is 4.96. The lowest BCUT2D eigenvalue weighted by Crippen LogP contribution is -2.62. The monoisotopic (exact) mass is 245 g/mol. The maximum absolute atomic E-state index is 2.74. The molecular formula is C12H31NSi2. The molecule has 0 fully saturated rings. The van der Waals surface area contributed by atoms with Gasteiger partial charge in [0.15, 0.2) is 0 Å². The Balaban J connectivity index is 5.16. The summed E-state index contributed by atoms with van der Waals surface area (Å²) in [5, 5.41) is 0. The van der Waals surface area contributed by atoms with Crippen LogP contribution in [0.2, 0.25) is 37.4 Å². The van der Waals surface area contributed by atoms with Gasteiger partial charge in [-0.15, -0.1) is 0 Å². The van der Waals surface area contributed by atoms with Gasteiger partial charge in [-0.05, 0) is 17.8 Å². The Morgan fingerprint density at radius 3 is 1.40 bits per heavy atom. The largest absolute Gasteiger partial charge is 0.324 e. The molecule has 3 heteroatoms. The zero-order valence-corrected chi connectivity index (χ0v) is 14.4. The number of nitrogens with zero attached hydrogens (tertiary/aromatic N) is 1. The maximum atomic E-state index is 2.74. The van der Waals surface area contributed by atoms with Crippen LogP contribution in [0.25, 0.3) is 0 Å². The van der Waals surface area contributed by atoms with E-state index in [2.05, 4.69) is 65.0 Å². The molecular weight excluding hydrogens is 214 g/mol. The van der Waals surface area contributed by atoms with Gasteiger partial charge in [-0.2, -0.15) is 0 Å². The molecule has 15 heavy (non-hydrogen) atoms. The Morgan fingerprint density at radius 2 is 1.20 bits per heavy atom. The minimum atomic E-state index is -1.30. The van der Waals surface area contributed by atoms with E-state index in [0.717, 1.165) is 0 Å². The first-order chi connectivity index (χ1) is 6.52. The van der Waals surface area contributed by atoms with E-state index in [1.54, 1.807) is 0 Å². The van der Waals surface area contributed by atoms with Crippen molar-refractivity contribution in [3.8, 4) is 0 Å². The first-order valence-electron chi connectivity index (χ1n) is 6.27. The summed E-state index contributed by atoms with van der Waals surface area (Å²) in [6.45, 7) is 24.7. The molecule has 0 aromatic rings. The van der Waals surface area contributed by atoms with Crippen molar-refractivity contribution in [3.63, 3.8) is 0 Å². The van der Waals surface area contributed by atoms with Crippen LogP contribution in [0.3, 0.4) is 0 Å². The highest BCUT2D eigenvalue weighted by Crippen LogP contribution is 2.46. The summed E-state index contributed by atoms with van der Waals surface area (Å²) in [7, 11) is -2.40. The smallest absolute Gasteiger partial charge is 0.125 e. The molecule has 0 amide bonds. The summed E-state index contributed by atoms with van der Waals surface area (Å²) in [5.41, 5.74) is 0. The van der Waals surface area contributed by atoms with Gasteiger partial charge in [0, 0.05) is 8.07 Å². The molecule has 0 N–H and O–H groups in total. The lowest BCUT2D eigenvalue weighted by Gasteiger charge is -2.53. The predicted molar refractivity (Wildman–Crippen MR) is 77.8 cm³/mol. The fourth-order valence-corrected chi connectivity index (χ4v) is 12.5. The minimum absolute atomic E-state index is 0.562. The second-order valence-electron chi connectivity index (χ2n) is 6.61. The molecule has 0 saturated heterocycles. The van der Waals surface area contributed by atoms with E-state index in [1.165, 1.54) is 13.1 Å². The second kappa shape index (κ2) is 4.72. The van der Waals surface area contributed by atoms with Crippen molar-refractivity contribution in [2.45, 2.75) is 65.1 Å². The van der Waals surface area contributed by atoms with E-state index in [1.807, 2.05) is 0 Å². The number of rotatable bonds is 5. The fraction of sp³-hybridized carbons (Fsp3) is 1.00. The summed E-state index contributed by atoms with van der Waals surface area (Å²) in [6.07, 6.45) is 0. The van der Waals surface area contributed by atoms with E-state index in [-0.39, 0.29) is 0 Å². The van der Waals surface area contributed by atoms with Crippen molar-refractivity contribution in [1.82, 2.24) is 4.57 Å². The Morgan fingerprint density at radius 1 is 0.867 bits per heavy atom. The SMILES string of the molecule is CCN(CC)[Si](C)(C)C(C)(C)[Si](C)(C)C. The topological polar surface area (TPSA) is 3.24 Å². The molecule has 0 aliphatic heterocycles. The molecule has 1 nitrogen and oxygen atoms in total. The van der Waals surface area contributed by atoms with Crippen LogP contribution in [0.5, 0.6) is 0 Å². The van der Waals surface area contributed by atoms with E-state index in [4.69, 9.17) is 0 Å². The van der Waals surface area contributed by atoms with Crippen molar-refractivity contribution in [3.05, 3.63) is 0 Å². The molecule has 0 aromatic carbocycles. The summed E-state index contributed by atoms with van der Waals surface area (Å²) in [6, 6.07) is 0. The molecule has 0 rings (SSSR count). The Hall–Kier alpha value is 0.394. The van der Waals surface area contributed by atoms with Gasteiger partial charge in [0.2, 0.25) is 0 Å². The van der Waals surface area contributed by atoms with Crippen LogP contribution in [-0.2, 0) is 0 Å². The maximum Gasteiger partial charge on any atom is 0.125 e. The van der Waals surface area contributed by atoms with Crippen LogP contribution in [0.1, 0.15) is 27.7 Å². The van der Waals surface area contributed by atoms with E-state index in [9.17, 15) is 0 Å². The van der Waals surface area contributed by atoms with Crippen LogP contribution >= 0.6 is 0 Å². The first kappa shape index (κ1) is 15.4. The Labute approximate surface area is 99.4 Å². The Bertz CT molecular complexity index is 200. The van der Waals surface area contributed by atoms with Gasteiger partial charge in [0.05, 0.1) is 0 Å². The molecule has 0 heterocycles. The predicted octanol–water partition coefficient (Wildman–Crippen LogP) is 4.19. The molecule has 0 aliphatic rings. The highest BCUT2D eigenvalue weighted by Gasteiger charge is 2.50. The number of hydrogen-bond donors (Lipinski definition) is 0. The van der Waals surface area contributed by atoms with Crippen molar-refractivity contribution in [2.24, 2.45) is 0 Å². The van der Waals surface area contributed by atoms with Crippen molar-refractivity contribution in [2.75, 3.05) is 13.1 Å². The molecule has 0 aromatic heterocycles. The van der Waals surface area contributed by atoms with Crippen LogP contribution in [0.15, 0.2) is 0 Å². The molecule has 0 spiro atoms. The molecule has 0 atom stereocenters.